The van der Waals surface area contributed by atoms with E-state index >= 15 is 0 Å². The van der Waals surface area contributed by atoms with Gasteiger partial charge in [-0.15, -0.1) is 0 Å². The highest BCUT2D eigenvalue weighted by Crippen LogP contribution is 2.50. The first-order chi connectivity index (χ1) is 26.8. The second-order valence-electron chi connectivity index (χ2n) is 14.7. The normalized spacial score (nSPS) is 13.0. The van der Waals surface area contributed by atoms with E-state index in [1.165, 1.54) is 99.8 Å². The van der Waals surface area contributed by atoms with Gasteiger partial charge in [0, 0.05) is 11.8 Å². The highest BCUT2D eigenvalue weighted by molar-refractivity contribution is 6.01. The van der Waals surface area contributed by atoms with Gasteiger partial charge >= 0.3 is 0 Å². The zero-order valence-corrected chi connectivity index (χ0v) is 29.8. The van der Waals surface area contributed by atoms with Crippen LogP contribution in [0.5, 0.6) is 0 Å². The smallest absolute Gasteiger partial charge is 0.0352 e. The molecular weight excluding hydrogens is 649 g/mol. The molecule has 54 heavy (non-hydrogen) atoms. The van der Waals surface area contributed by atoms with Crippen molar-refractivity contribution in [2.24, 2.45) is 0 Å². The number of fused-ring (bicyclic) bond motifs is 7. The van der Waals surface area contributed by atoms with Crippen LogP contribution >= 0.6 is 0 Å². The SMILES string of the molecule is c1ccc2c(c1)-c1ccccc1C2c1ccc(-c2ccc(-c3ccc(C4c5ccccc5-c5ccccc54)cc3)c(-c3cccc4ccccc34)c2)cc1. The van der Waals surface area contributed by atoms with Gasteiger partial charge in [0.2, 0.25) is 0 Å². The zero-order chi connectivity index (χ0) is 35.6. The van der Waals surface area contributed by atoms with E-state index in [1.54, 1.807) is 0 Å². The molecule has 2 aliphatic rings. The summed E-state index contributed by atoms with van der Waals surface area (Å²) in [5.74, 6) is 0.481. The topological polar surface area (TPSA) is 0 Å². The Morgan fingerprint density at radius 1 is 0.241 bits per heavy atom. The number of rotatable bonds is 5. The van der Waals surface area contributed by atoms with E-state index in [1.807, 2.05) is 0 Å². The first-order valence-electron chi connectivity index (χ1n) is 19.0. The maximum atomic E-state index is 2.41. The van der Waals surface area contributed by atoms with Crippen molar-refractivity contribution in [2.45, 2.75) is 11.8 Å². The van der Waals surface area contributed by atoms with Crippen molar-refractivity contribution in [2.75, 3.05) is 0 Å². The molecule has 0 aromatic heterocycles. The van der Waals surface area contributed by atoms with E-state index in [2.05, 4.69) is 206 Å². The first kappa shape index (κ1) is 30.8. The van der Waals surface area contributed by atoms with Crippen molar-refractivity contribution in [1.29, 1.82) is 0 Å². The van der Waals surface area contributed by atoms with Gasteiger partial charge in [0.05, 0.1) is 0 Å². The van der Waals surface area contributed by atoms with Crippen molar-refractivity contribution in [3.63, 3.8) is 0 Å². The number of hydrogen-bond donors (Lipinski definition) is 0. The van der Waals surface area contributed by atoms with Crippen LogP contribution in [-0.2, 0) is 0 Å². The largest absolute Gasteiger partial charge is 0.0619 e. The predicted octanol–water partition coefficient (Wildman–Crippen LogP) is 14.2. The third-order valence-corrected chi connectivity index (χ3v) is 11.9. The van der Waals surface area contributed by atoms with Crippen LogP contribution in [0, 0.1) is 0 Å². The van der Waals surface area contributed by atoms with Gasteiger partial charge in [-0.2, -0.15) is 0 Å². The Morgan fingerprint density at radius 3 is 1.19 bits per heavy atom. The lowest BCUT2D eigenvalue weighted by molar-refractivity contribution is 1.02. The van der Waals surface area contributed by atoms with Gasteiger partial charge in [0.15, 0.2) is 0 Å². The molecule has 0 radical (unpaired) electrons. The summed E-state index contributed by atoms with van der Waals surface area (Å²) in [6, 6.07) is 76.7. The average Bonchev–Trinajstić information content (AvgIpc) is 3.77. The van der Waals surface area contributed by atoms with Crippen LogP contribution < -0.4 is 0 Å². The summed E-state index contributed by atoms with van der Waals surface area (Å²) in [5, 5.41) is 2.52. The molecular formula is C54H36. The molecule has 0 saturated carbocycles. The van der Waals surface area contributed by atoms with E-state index in [9.17, 15) is 0 Å². The molecule has 0 spiro atoms. The Bertz CT molecular complexity index is 2780. The Kier molecular flexibility index (Phi) is 7.10. The minimum absolute atomic E-state index is 0.237. The molecule has 0 N–H and O–H groups in total. The lowest BCUT2D eigenvalue weighted by atomic mass is 9.85. The molecule has 0 fully saturated rings. The van der Waals surface area contributed by atoms with Crippen molar-refractivity contribution >= 4 is 10.8 Å². The Balaban J connectivity index is 1.00. The molecule has 0 amide bonds. The quantitative estimate of drug-likeness (QED) is 0.169. The van der Waals surface area contributed by atoms with Crippen LogP contribution in [0.4, 0.5) is 0 Å². The van der Waals surface area contributed by atoms with Gasteiger partial charge in [-0.05, 0) is 106 Å². The fourth-order valence-electron chi connectivity index (χ4n) is 9.41. The maximum absolute atomic E-state index is 2.41. The third-order valence-electron chi connectivity index (χ3n) is 11.9. The Hall–Kier alpha value is -6.76. The molecule has 0 aliphatic heterocycles. The summed E-state index contributed by atoms with van der Waals surface area (Å²) in [6.07, 6.45) is 0. The van der Waals surface area contributed by atoms with Crippen LogP contribution in [0.25, 0.3) is 66.4 Å². The van der Waals surface area contributed by atoms with E-state index in [-0.39, 0.29) is 11.8 Å². The van der Waals surface area contributed by atoms with E-state index in [0.29, 0.717) is 0 Å². The summed E-state index contributed by atoms with van der Waals surface area (Å²) in [5.41, 5.74) is 21.0. The van der Waals surface area contributed by atoms with Gasteiger partial charge in [-0.1, -0.05) is 200 Å². The maximum Gasteiger partial charge on any atom is 0.0352 e. The summed E-state index contributed by atoms with van der Waals surface area (Å²) < 4.78 is 0. The molecule has 0 atom stereocenters. The molecule has 9 aromatic carbocycles. The molecule has 9 aromatic rings. The Morgan fingerprint density at radius 2 is 0.648 bits per heavy atom. The zero-order valence-electron chi connectivity index (χ0n) is 29.8. The molecule has 11 rings (SSSR count). The second kappa shape index (κ2) is 12.4. The highest BCUT2D eigenvalue weighted by Gasteiger charge is 2.30. The van der Waals surface area contributed by atoms with Gasteiger partial charge in [0.1, 0.15) is 0 Å². The minimum Gasteiger partial charge on any atom is -0.0619 e. The van der Waals surface area contributed by atoms with Gasteiger partial charge in [-0.25, -0.2) is 0 Å². The standard InChI is InChI=1S/C54H36/c1-2-14-41-36(12-1)13-11-23-43(41)52-34-40(35-24-28-38(29-25-35)53-48-19-7-3-15-44(48)45-16-4-8-20-49(45)53)32-33-42(52)37-26-30-39(31-27-37)54-50-21-9-5-17-46(50)47-18-6-10-22-51(47)54/h1-34,53-54H. The Labute approximate surface area is 316 Å². The van der Waals surface area contributed by atoms with Crippen LogP contribution in [0.1, 0.15) is 45.2 Å². The van der Waals surface area contributed by atoms with E-state index < -0.39 is 0 Å². The number of benzene rings is 9. The average molecular weight is 685 g/mol. The molecule has 0 nitrogen and oxygen atoms in total. The predicted molar refractivity (Wildman–Crippen MR) is 226 cm³/mol. The minimum atomic E-state index is 0.237. The van der Waals surface area contributed by atoms with Crippen molar-refractivity contribution in [3.8, 4) is 55.6 Å². The van der Waals surface area contributed by atoms with Crippen molar-refractivity contribution in [1.82, 2.24) is 0 Å². The third kappa shape index (κ3) is 4.84. The summed E-state index contributed by atoms with van der Waals surface area (Å²) >= 11 is 0. The molecule has 252 valence electrons. The molecule has 0 saturated heterocycles. The monoisotopic (exact) mass is 684 g/mol. The fourth-order valence-corrected chi connectivity index (χ4v) is 9.41. The van der Waals surface area contributed by atoms with E-state index in [0.717, 1.165) is 0 Å². The first-order valence-corrected chi connectivity index (χ1v) is 19.0. The fraction of sp³-hybridized carbons (Fsp3) is 0.0370. The van der Waals surface area contributed by atoms with E-state index in [4.69, 9.17) is 0 Å². The van der Waals surface area contributed by atoms with Crippen molar-refractivity contribution in [3.05, 3.63) is 240 Å². The summed E-state index contributed by atoms with van der Waals surface area (Å²) in [6.45, 7) is 0. The summed E-state index contributed by atoms with van der Waals surface area (Å²) in [7, 11) is 0. The molecule has 0 heteroatoms. The molecule has 0 heterocycles. The second-order valence-corrected chi connectivity index (χ2v) is 14.7. The van der Waals surface area contributed by atoms with Gasteiger partial charge in [-0.3, -0.25) is 0 Å². The summed E-state index contributed by atoms with van der Waals surface area (Å²) in [4.78, 5) is 0. The van der Waals surface area contributed by atoms with Crippen LogP contribution in [-0.4, -0.2) is 0 Å². The molecule has 2 aliphatic carbocycles. The van der Waals surface area contributed by atoms with Crippen molar-refractivity contribution < 1.29 is 0 Å². The highest BCUT2D eigenvalue weighted by atomic mass is 14.3. The van der Waals surface area contributed by atoms with Gasteiger partial charge < -0.3 is 0 Å². The lowest BCUT2D eigenvalue weighted by Gasteiger charge is -2.18. The van der Waals surface area contributed by atoms with Crippen LogP contribution in [0.3, 0.4) is 0 Å². The molecule has 0 unspecified atom stereocenters. The van der Waals surface area contributed by atoms with Gasteiger partial charge in [0.25, 0.3) is 0 Å². The van der Waals surface area contributed by atoms with Crippen LogP contribution in [0.15, 0.2) is 206 Å². The lowest BCUT2D eigenvalue weighted by Crippen LogP contribution is -1.99. The number of hydrogen-bond acceptors (Lipinski definition) is 0. The molecule has 0 bridgehead atoms. The van der Waals surface area contributed by atoms with Crippen LogP contribution in [0.2, 0.25) is 0 Å².